The molecule has 1 amide bonds. The molecule has 3 aliphatic heterocycles. The molecule has 2 saturated heterocycles. The standard InChI is InChI=1S/C25H27N5O4/c1-14-10-15(11-16-12-27-29-21(14)16)20-22-30(8-6-19(31)32)9-7-24(20)13-25(34-22,23(26)33)28-18-5-3-2-4-17(18)24/h2-5,10-12,20,22,28H,6-9,13H2,1H3,(H2,26,33)(H,27,29)(H,31,32). The average molecular weight is 462 g/mol. The van der Waals surface area contributed by atoms with Crippen LogP contribution in [0.25, 0.3) is 10.9 Å². The fourth-order valence-electron chi connectivity index (χ4n) is 6.47. The van der Waals surface area contributed by atoms with E-state index in [9.17, 15) is 14.7 Å². The number of amides is 1. The van der Waals surface area contributed by atoms with Crippen LogP contribution in [-0.2, 0) is 19.7 Å². The molecule has 6 rings (SSSR count). The normalized spacial score (nSPS) is 29.9. The lowest BCUT2D eigenvalue weighted by Crippen LogP contribution is -2.72. The van der Waals surface area contributed by atoms with Crippen LogP contribution >= 0.6 is 0 Å². The van der Waals surface area contributed by atoms with E-state index in [-0.39, 0.29) is 12.3 Å². The van der Waals surface area contributed by atoms with Crippen molar-refractivity contribution in [2.75, 3.05) is 18.4 Å². The van der Waals surface area contributed by atoms with E-state index in [4.69, 9.17) is 10.5 Å². The van der Waals surface area contributed by atoms with Gasteiger partial charge in [0.15, 0.2) is 0 Å². The number of aromatic amines is 1. The SMILES string of the molecule is Cc1cc(C2C3OC4(C(N)=O)CC2(CCN3CCC(=O)O)c2ccccc2N4)cc2cn[nH]c12. The molecule has 34 heavy (non-hydrogen) atoms. The quantitative estimate of drug-likeness (QED) is 0.458. The van der Waals surface area contributed by atoms with Gasteiger partial charge in [-0.05, 0) is 42.2 Å². The number of aryl methyl sites for hydroxylation is 1. The number of carboxylic acid groups (broad SMARTS) is 1. The highest BCUT2D eigenvalue weighted by atomic mass is 16.5. The van der Waals surface area contributed by atoms with Crippen molar-refractivity contribution in [2.45, 2.75) is 49.5 Å². The fraction of sp³-hybridized carbons (Fsp3) is 0.400. The fourth-order valence-corrected chi connectivity index (χ4v) is 6.47. The third-order valence-corrected chi connectivity index (χ3v) is 7.91. The van der Waals surface area contributed by atoms with Crippen LogP contribution in [0.2, 0.25) is 0 Å². The van der Waals surface area contributed by atoms with Crippen molar-refractivity contribution in [2.24, 2.45) is 5.73 Å². The van der Waals surface area contributed by atoms with Crippen molar-refractivity contribution < 1.29 is 19.4 Å². The van der Waals surface area contributed by atoms with Gasteiger partial charge in [0.25, 0.3) is 5.91 Å². The molecule has 4 heterocycles. The largest absolute Gasteiger partial charge is 0.481 e. The van der Waals surface area contributed by atoms with E-state index in [1.807, 2.05) is 31.3 Å². The Labute approximate surface area is 196 Å². The van der Waals surface area contributed by atoms with Crippen molar-refractivity contribution >= 4 is 28.5 Å². The Hall–Kier alpha value is -3.43. The zero-order valence-corrected chi connectivity index (χ0v) is 18.9. The molecule has 5 N–H and O–H groups in total. The number of aliphatic carboxylic acids is 1. The number of aromatic nitrogens is 2. The van der Waals surface area contributed by atoms with Gasteiger partial charge in [0.1, 0.15) is 6.23 Å². The van der Waals surface area contributed by atoms with Crippen LogP contribution in [0.15, 0.2) is 42.6 Å². The summed E-state index contributed by atoms with van der Waals surface area (Å²) in [5.41, 5.74) is 9.35. The van der Waals surface area contributed by atoms with Crippen molar-refractivity contribution in [3.05, 3.63) is 59.3 Å². The molecule has 4 atom stereocenters. The number of hydrogen-bond donors (Lipinski definition) is 4. The van der Waals surface area contributed by atoms with E-state index in [1.165, 1.54) is 0 Å². The van der Waals surface area contributed by atoms with Gasteiger partial charge in [-0.2, -0.15) is 5.10 Å². The molecule has 3 bridgehead atoms. The zero-order valence-electron chi connectivity index (χ0n) is 18.9. The molecule has 2 fully saturated rings. The molecule has 1 spiro atoms. The Kier molecular flexibility index (Phi) is 4.53. The highest BCUT2D eigenvalue weighted by molar-refractivity contribution is 5.89. The van der Waals surface area contributed by atoms with Crippen LogP contribution in [0.5, 0.6) is 0 Å². The van der Waals surface area contributed by atoms with Crippen LogP contribution in [0.1, 0.15) is 41.9 Å². The first-order chi connectivity index (χ1) is 16.3. The Balaban J connectivity index is 1.57. The third-order valence-electron chi connectivity index (χ3n) is 7.91. The van der Waals surface area contributed by atoms with E-state index < -0.39 is 29.2 Å². The predicted octanol–water partition coefficient (Wildman–Crippen LogP) is 2.43. The monoisotopic (exact) mass is 461 g/mol. The number of rotatable bonds is 5. The van der Waals surface area contributed by atoms with Crippen molar-refractivity contribution in [3.8, 4) is 0 Å². The van der Waals surface area contributed by atoms with Gasteiger partial charge in [-0.15, -0.1) is 0 Å². The smallest absolute Gasteiger partial charge is 0.304 e. The number of nitrogens with two attached hydrogens (primary N) is 1. The summed E-state index contributed by atoms with van der Waals surface area (Å²) < 4.78 is 6.60. The summed E-state index contributed by atoms with van der Waals surface area (Å²) in [7, 11) is 0. The number of carbonyl (C=O) groups is 2. The lowest BCUT2D eigenvalue weighted by molar-refractivity contribution is -0.227. The number of benzene rings is 2. The maximum absolute atomic E-state index is 12.8. The lowest BCUT2D eigenvalue weighted by atomic mass is 9.56. The number of anilines is 1. The lowest BCUT2D eigenvalue weighted by Gasteiger charge is -2.63. The number of para-hydroxylation sites is 1. The zero-order chi connectivity index (χ0) is 23.7. The highest BCUT2D eigenvalue weighted by Gasteiger charge is 2.65. The Morgan fingerprint density at radius 3 is 2.94 bits per heavy atom. The Bertz CT molecular complexity index is 1320. The maximum Gasteiger partial charge on any atom is 0.304 e. The van der Waals surface area contributed by atoms with Crippen molar-refractivity contribution in [1.29, 1.82) is 0 Å². The summed E-state index contributed by atoms with van der Waals surface area (Å²) in [6.45, 7) is 3.05. The van der Waals surface area contributed by atoms with Gasteiger partial charge in [-0.1, -0.05) is 24.3 Å². The van der Waals surface area contributed by atoms with Crippen molar-refractivity contribution in [3.63, 3.8) is 0 Å². The number of carboxylic acids is 1. The number of ether oxygens (including phenoxy) is 1. The first kappa shape index (κ1) is 21.1. The summed E-state index contributed by atoms with van der Waals surface area (Å²) in [5, 5.41) is 20.9. The number of carbonyl (C=O) groups excluding carboxylic acids is 1. The molecular weight excluding hydrogens is 434 g/mol. The van der Waals surface area contributed by atoms with Gasteiger partial charge in [0, 0.05) is 41.9 Å². The number of H-pyrrole nitrogens is 1. The Morgan fingerprint density at radius 1 is 1.32 bits per heavy atom. The minimum Gasteiger partial charge on any atom is -0.481 e. The number of hydrogen-bond acceptors (Lipinski definition) is 6. The highest BCUT2D eigenvalue weighted by Crippen LogP contribution is 2.61. The van der Waals surface area contributed by atoms with Gasteiger partial charge < -0.3 is 20.9 Å². The van der Waals surface area contributed by atoms with E-state index in [2.05, 4.69) is 38.6 Å². The van der Waals surface area contributed by atoms with E-state index in [1.54, 1.807) is 0 Å². The van der Waals surface area contributed by atoms with Crippen LogP contribution < -0.4 is 11.1 Å². The topological polar surface area (TPSA) is 134 Å². The van der Waals surface area contributed by atoms with Gasteiger partial charge in [0.05, 0.1) is 18.1 Å². The molecular formula is C25H27N5O4. The molecule has 4 unspecified atom stereocenters. The summed E-state index contributed by atoms with van der Waals surface area (Å²) in [4.78, 5) is 26.3. The molecule has 0 aliphatic carbocycles. The second kappa shape index (κ2) is 7.28. The van der Waals surface area contributed by atoms with Gasteiger partial charge >= 0.3 is 5.97 Å². The van der Waals surface area contributed by atoms with Crippen LogP contribution in [0.4, 0.5) is 5.69 Å². The van der Waals surface area contributed by atoms with Crippen LogP contribution in [0, 0.1) is 6.92 Å². The molecule has 0 radical (unpaired) electrons. The molecule has 9 nitrogen and oxygen atoms in total. The predicted molar refractivity (Wildman–Crippen MR) is 125 cm³/mol. The van der Waals surface area contributed by atoms with Gasteiger partial charge in [-0.3, -0.25) is 19.6 Å². The number of primary amides is 1. The number of likely N-dealkylation sites (tertiary alicyclic amines) is 1. The Morgan fingerprint density at radius 2 is 2.15 bits per heavy atom. The number of piperidine rings is 1. The molecule has 3 aromatic rings. The summed E-state index contributed by atoms with van der Waals surface area (Å²) >= 11 is 0. The second-order valence-corrected chi connectivity index (χ2v) is 9.78. The minimum absolute atomic E-state index is 0.00698. The molecule has 2 aromatic carbocycles. The number of nitrogens with one attached hydrogen (secondary N) is 2. The summed E-state index contributed by atoms with van der Waals surface area (Å²) in [6.07, 6.45) is 2.47. The molecule has 3 aliphatic rings. The van der Waals surface area contributed by atoms with E-state index >= 15 is 0 Å². The molecule has 9 heteroatoms. The minimum atomic E-state index is -1.35. The third kappa shape index (κ3) is 2.90. The summed E-state index contributed by atoms with van der Waals surface area (Å²) in [5.74, 6) is -1.54. The van der Waals surface area contributed by atoms with Crippen molar-refractivity contribution in [1.82, 2.24) is 15.1 Å². The number of nitrogens with zero attached hydrogens (tertiary/aromatic N) is 2. The number of fused-ring (bicyclic) bond motifs is 4. The van der Waals surface area contributed by atoms with Gasteiger partial charge in [-0.25, -0.2) is 0 Å². The van der Waals surface area contributed by atoms with E-state index in [0.717, 1.165) is 39.7 Å². The first-order valence-corrected chi connectivity index (χ1v) is 11.6. The molecule has 176 valence electrons. The van der Waals surface area contributed by atoms with Crippen LogP contribution in [-0.4, -0.2) is 57.1 Å². The first-order valence-electron chi connectivity index (χ1n) is 11.6. The van der Waals surface area contributed by atoms with E-state index in [0.29, 0.717) is 19.5 Å². The second-order valence-electron chi connectivity index (χ2n) is 9.78. The van der Waals surface area contributed by atoms with Crippen LogP contribution in [0.3, 0.4) is 0 Å². The summed E-state index contributed by atoms with van der Waals surface area (Å²) in [6, 6.07) is 12.3. The maximum atomic E-state index is 12.8. The molecule has 1 aromatic heterocycles. The average Bonchev–Trinajstić information content (AvgIpc) is 3.27. The van der Waals surface area contributed by atoms with Gasteiger partial charge in [0.2, 0.25) is 5.72 Å². The molecule has 0 saturated carbocycles.